The number of methoxy groups -OCH3 is 1. The molecule has 1 aromatic carbocycles. The van der Waals surface area contributed by atoms with Crippen LogP contribution in [0.25, 0.3) is 10.9 Å². The summed E-state index contributed by atoms with van der Waals surface area (Å²) in [5, 5.41) is 10.5. The van der Waals surface area contributed by atoms with Crippen LogP contribution < -0.4 is 5.32 Å². The zero-order valence-corrected chi connectivity index (χ0v) is 8.99. The lowest BCUT2D eigenvalue weighted by atomic mass is 10.2. The second-order valence-corrected chi connectivity index (χ2v) is 3.46. The summed E-state index contributed by atoms with van der Waals surface area (Å²) in [6.45, 7) is 0.430. The molecule has 1 amide bonds. The molecule has 0 atom stereocenters. The molecule has 0 bridgehead atoms. The van der Waals surface area contributed by atoms with Crippen molar-refractivity contribution in [2.75, 3.05) is 19.0 Å². The zero-order chi connectivity index (χ0) is 11.4. The molecule has 0 fully saturated rings. The number of benzene rings is 1. The van der Waals surface area contributed by atoms with E-state index in [0.717, 1.165) is 16.6 Å². The van der Waals surface area contributed by atoms with Gasteiger partial charge in [0, 0.05) is 18.2 Å². The van der Waals surface area contributed by atoms with Crippen molar-refractivity contribution < 1.29 is 9.53 Å². The summed E-state index contributed by atoms with van der Waals surface area (Å²) in [4.78, 5) is 11.4. The van der Waals surface area contributed by atoms with Crippen LogP contribution in [0.2, 0.25) is 0 Å². The number of aromatic amines is 1. The third kappa shape index (κ3) is 2.38. The molecular weight excluding hydrogens is 206 g/mol. The first-order valence-corrected chi connectivity index (χ1v) is 5.01. The number of nitrogens with zero attached hydrogens (tertiary/aromatic N) is 1. The number of aromatic nitrogens is 2. The maximum absolute atomic E-state index is 11.4. The molecule has 0 aliphatic carbocycles. The molecule has 1 heterocycles. The molecule has 0 saturated carbocycles. The molecule has 5 nitrogen and oxygen atoms in total. The summed E-state index contributed by atoms with van der Waals surface area (Å²) in [5.74, 6) is -0.0512. The molecule has 5 heteroatoms. The quantitative estimate of drug-likeness (QED) is 0.819. The average molecular weight is 219 g/mol. The molecule has 0 aliphatic rings. The Hall–Kier alpha value is -1.88. The van der Waals surface area contributed by atoms with Crippen LogP contribution in [0.5, 0.6) is 0 Å². The number of anilines is 1. The molecule has 1 aromatic heterocycles. The molecule has 2 rings (SSSR count). The molecule has 0 spiro atoms. The van der Waals surface area contributed by atoms with Crippen molar-refractivity contribution in [2.24, 2.45) is 0 Å². The van der Waals surface area contributed by atoms with Crippen molar-refractivity contribution in [1.82, 2.24) is 10.2 Å². The van der Waals surface area contributed by atoms with Crippen LogP contribution in [-0.2, 0) is 9.53 Å². The first kappa shape index (κ1) is 10.6. The molecule has 0 radical (unpaired) electrons. The van der Waals surface area contributed by atoms with Crippen LogP contribution in [0.15, 0.2) is 24.4 Å². The number of H-pyrrole nitrogens is 1. The molecule has 16 heavy (non-hydrogen) atoms. The van der Waals surface area contributed by atoms with Crippen LogP contribution in [0, 0.1) is 0 Å². The summed E-state index contributed by atoms with van der Waals surface area (Å²) in [6.07, 6.45) is 2.08. The van der Waals surface area contributed by atoms with E-state index >= 15 is 0 Å². The zero-order valence-electron chi connectivity index (χ0n) is 8.99. The number of nitrogens with one attached hydrogen (secondary N) is 2. The average Bonchev–Trinajstić information content (AvgIpc) is 2.73. The van der Waals surface area contributed by atoms with Crippen LogP contribution in [-0.4, -0.2) is 29.8 Å². The second kappa shape index (κ2) is 4.76. The fraction of sp³-hybridized carbons (Fsp3) is 0.273. The lowest BCUT2D eigenvalue weighted by molar-refractivity contribution is -0.117. The molecule has 2 aromatic rings. The minimum atomic E-state index is -0.0512. The molecule has 84 valence electrons. The third-order valence-corrected chi connectivity index (χ3v) is 2.26. The number of ether oxygens (including phenoxy) is 1. The van der Waals surface area contributed by atoms with Gasteiger partial charge in [0.2, 0.25) is 5.91 Å². The number of carbonyl (C=O) groups excluding carboxylic acids is 1. The fourth-order valence-corrected chi connectivity index (χ4v) is 1.44. The van der Waals surface area contributed by atoms with E-state index in [1.54, 1.807) is 13.3 Å². The Balaban J connectivity index is 2.06. The minimum Gasteiger partial charge on any atom is -0.384 e. The van der Waals surface area contributed by atoms with Crippen molar-refractivity contribution in [3.8, 4) is 0 Å². The number of fused-ring (bicyclic) bond motifs is 1. The van der Waals surface area contributed by atoms with E-state index in [1.807, 2.05) is 18.2 Å². The first-order chi connectivity index (χ1) is 7.79. The molecule has 0 saturated heterocycles. The van der Waals surface area contributed by atoms with E-state index in [1.165, 1.54) is 0 Å². The predicted molar refractivity (Wildman–Crippen MR) is 61.2 cm³/mol. The van der Waals surface area contributed by atoms with E-state index < -0.39 is 0 Å². The Morgan fingerprint density at radius 1 is 1.56 bits per heavy atom. The number of amides is 1. The highest BCUT2D eigenvalue weighted by Gasteiger charge is 2.03. The number of hydrogen-bond donors (Lipinski definition) is 2. The Kier molecular flexibility index (Phi) is 3.16. The SMILES string of the molecule is COCCC(=O)Nc1ccc2[nH]ncc2c1. The van der Waals surface area contributed by atoms with Crippen LogP contribution >= 0.6 is 0 Å². The maximum Gasteiger partial charge on any atom is 0.226 e. The van der Waals surface area contributed by atoms with Gasteiger partial charge in [-0.2, -0.15) is 5.10 Å². The second-order valence-electron chi connectivity index (χ2n) is 3.46. The van der Waals surface area contributed by atoms with Crippen molar-refractivity contribution in [3.63, 3.8) is 0 Å². The monoisotopic (exact) mass is 219 g/mol. The van der Waals surface area contributed by atoms with Crippen molar-refractivity contribution in [1.29, 1.82) is 0 Å². The molecular formula is C11H13N3O2. The van der Waals surface area contributed by atoms with Crippen LogP contribution in [0.4, 0.5) is 5.69 Å². The normalized spacial score (nSPS) is 10.6. The van der Waals surface area contributed by atoms with Crippen molar-refractivity contribution in [2.45, 2.75) is 6.42 Å². The molecule has 0 aliphatic heterocycles. The Bertz CT molecular complexity index is 493. The van der Waals surface area contributed by atoms with Gasteiger partial charge in [-0.3, -0.25) is 9.89 Å². The molecule has 0 unspecified atom stereocenters. The van der Waals surface area contributed by atoms with E-state index in [0.29, 0.717) is 13.0 Å². The van der Waals surface area contributed by atoms with Gasteiger partial charge >= 0.3 is 0 Å². The summed E-state index contributed by atoms with van der Waals surface area (Å²) in [6, 6.07) is 5.60. The summed E-state index contributed by atoms with van der Waals surface area (Å²) >= 11 is 0. The van der Waals surface area contributed by atoms with Crippen LogP contribution in [0.1, 0.15) is 6.42 Å². The largest absolute Gasteiger partial charge is 0.384 e. The Morgan fingerprint density at radius 3 is 3.25 bits per heavy atom. The van der Waals surface area contributed by atoms with E-state index in [-0.39, 0.29) is 5.91 Å². The van der Waals surface area contributed by atoms with E-state index in [2.05, 4.69) is 15.5 Å². The summed E-state index contributed by atoms with van der Waals surface area (Å²) < 4.78 is 4.83. The highest BCUT2D eigenvalue weighted by Crippen LogP contribution is 2.16. The highest BCUT2D eigenvalue weighted by atomic mass is 16.5. The van der Waals surface area contributed by atoms with Gasteiger partial charge in [0.1, 0.15) is 0 Å². The lowest BCUT2D eigenvalue weighted by Gasteiger charge is -2.04. The van der Waals surface area contributed by atoms with E-state index in [4.69, 9.17) is 4.74 Å². The lowest BCUT2D eigenvalue weighted by Crippen LogP contribution is -2.13. The number of rotatable bonds is 4. The van der Waals surface area contributed by atoms with Crippen molar-refractivity contribution in [3.05, 3.63) is 24.4 Å². The van der Waals surface area contributed by atoms with Gasteiger partial charge < -0.3 is 10.1 Å². The van der Waals surface area contributed by atoms with Crippen LogP contribution in [0.3, 0.4) is 0 Å². The van der Waals surface area contributed by atoms with Crippen molar-refractivity contribution >= 4 is 22.5 Å². The molecule has 2 N–H and O–H groups in total. The van der Waals surface area contributed by atoms with E-state index in [9.17, 15) is 4.79 Å². The maximum atomic E-state index is 11.4. The summed E-state index contributed by atoms with van der Waals surface area (Å²) in [7, 11) is 1.57. The Morgan fingerprint density at radius 2 is 2.44 bits per heavy atom. The van der Waals surface area contributed by atoms with Gasteiger partial charge in [-0.25, -0.2) is 0 Å². The van der Waals surface area contributed by atoms with Gasteiger partial charge in [0.25, 0.3) is 0 Å². The predicted octanol–water partition coefficient (Wildman–Crippen LogP) is 1.54. The van der Waals surface area contributed by atoms with Gasteiger partial charge in [-0.15, -0.1) is 0 Å². The van der Waals surface area contributed by atoms with Gasteiger partial charge in [0.15, 0.2) is 0 Å². The van der Waals surface area contributed by atoms with Gasteiger partial charge in [-0.1, -0.05) is 0 Å². The van der Waals surface area contributed by atoms with Gasteiger partial charge in [0.05, 0.1) is 24.7 Å². The first-order valence-electron chi connectivity index (χ1n) is 5.01. The standard InChI is InChI=1S/C11H13N3O2/c1-16-5-4-11(15)13-9-2-3-10-8(6-9)7-12-14-10/h2-3,6-7H,4-5H2,1H3,(H,12,14)(H,13,15). The van der Waals surface area contributed by atoms with Gasteiger partial charge in [-0.05, 0) is 18.2 Å². The summed E-state index contributed by atoms with van der Waals surface area (Å²) in [5.41, 5.74) is 1.73. The number of carbonyl (C=O) groups is 1. The minimum absolute atomic E-state index is 0.0512. The fourth-order valence-electron chi connectivity index (χ4n) is 1.44. The number of hydrogen-bond acceptors (Lipinski definition) is 3. The smallest absolute Gasteiger partial charge is 0.226 e. The topological polar surface area (TPSA) is 67.0 Å². The Labute approximate surface area is 92.8 Å². The highest BCUT2D eigenvalue weighted by molar-refractivity contribution is 5.93. The third-order valence-electron chi connectivity index (χ3n) is 2.26.